The predicted molar refractivity (Wildman–Crippen MR) is 118 cm³/mol. The molecule has 0 aromatic heterocycles. The van der Waals surface area contributed by atoms with Crippen LogP contribution in [0.15, 0.2) is 0 Å². The first-order chi connectivity index (χ1) is 13.6. The molecule has 8 fully saturated rings. The van der Waals surface area contributed by atoms with Crippen molar-refractivity contribution in [1.82, 2.24) is 0 Å². The van der Waals surface area contributed by atoms with Crippen molar-refractivity contribution in [2.75, 3.05) is 0 Å². The van der Waals surface area contributed by atoms with Gasteiger partial charge in [0.15, 0.2) is 0 Å². The van der Waals surface area contributed by atoms with Crippen LogP contribution in [0.4, 0.5) is 0 Å². The van der Waals surface area contributed by atoms with Crippen molar-refractivity contribution in [3.8, 4) is 0 Å². The second-order valence-electron chi connectivity index (χ2n) is 13.2. The Morgan fingerprint density at radius 3 is 1.43 bits per heavy atom. The van der Waals surface area contributed by atoms with Crippen LogP contribution in [0.25, 0.3) is 0 Å². The van der Waals surface area contributed by atoms with E-state index in [0.717, 1.165) is 51.8 Å². The Balaban J connectivity index is 1.47. The summed E-state index contributed by atoms with van der Waals surface area (Å²) in [6.45, 7) is 4.92. The van der Waals surface area contributed by atoms with E-state index in [1.165, 1.54) is 25.7 Å². The van der Waals surface area contributed by atoms with Crippen molar-refractivity contribution in [2.45, 2.75) is 123 Å². The van der Waals surface area contributed by atoms with Gasteiger partial charge in [-0.2, -0.15) is 0 Å². The highest BCUT2D eigenvalue weighted by atomic mass is 14.8. The topological polar surface area (TPSA) is 0 Å². The Morgan fingerprint density at radius 1 is 0.571 bits per heavy atom. The van der Waals surface area contributed by atoms with Crippen molar-refractivity contribution in [2.24, 2.45) is 51.8 Å². The van der Waals surface area contributed by atoms with Gasteiger partial charge in [-0.25, -0.2) is 0 Å². The van der Waals surface area contributed by atoms with Gasteiger partial charge in [-0.05, 0) is 135 Å². The van der Waals surface area contributed by atoms with Gasteiger partial charge in [0.2, 0.25) is 0 Å². The molecular weight excluding hydrogens is 336 g/mol. The van der Waals surface area contributed by atoms with E-state index in [0.29, 0.717) is 0 Å². The molecule has 0 radical (unpaired) electrons. The third kappa shape index (κ3) is 2.36. The lowest BCUT2D eigenvalue weighted by Gasteiger charge is -2.77. The smallest absolute Gasteiger partial charge is 0.0176 e. The zero-order chi connectivity index (χ0) is 19.0. The molecule has 0 amide bonds. The molecule has 0 heteroatoms. The van der Waals surface area contributed by atoms with Crippen molar-refractivity contribution in [3.05, 3.63) is 0 Å². The van der Waals surface area contributed by atoms with Crippen molar-refractivity contribution >= 4 is 0 Å². The molecule has 8 rings (SSSR count). The largest absolute Gasteiger partial charge is 0.0654 e. The van der Waals surface area contributed by atoms with Gasteiger partial charge in [0.05, 0.1) is 0 Å². The van der Waals surface area contributed by atoms with Gasteiger partial charge in [0.1, 0.15) is 0 Å². The molecule has 8 aliphatic rings. The fourth-order valence-electron chi connectivity index (χ4n) is 11.9. The minimum atomic E-state index is 0.748. The van der Waals surface area contributed by atoms with Crippen LogP contribution in [-0.4, -0.2) is 0 Å². The van der Waals surface area contributed by atoms with Crippen LogP contribution in [0.5, 0.6) is 0 Å². The zero-order valence-corrected chi connectivity index (χ0v) is 19.0. The first-order valence-corrected chi connectivity index (χ1v) is 13.6. The predicted octanol–water partition coefficient (Wildman–Crippen LogP) is 8.40. The summed E-state index contributed by atoms with van der Waals surface area (Å²) in [4.78, 5) is 0. The fourth-order valence-corrected chi connectivity index (χ4v) is 11.9. The Kier molecular flexibility index (Phi) is 4.35. The standard InChI is InChI=1S/C28H46/c1-3-5-7-27(8-6-4-2)25-13-23-12-24(14-25)19-28(27,18-23)26-15-20-9-21(16-26)11-22(10-20)17-26/h20-25H,3-19H2,1-2H3. The van der Waals surface area contributed by atoms with Crippen LogP contribution in [0.3, 0.4) is 0 Å². The van der Waals surface area contributed by atoms with E-state index in [9.17, 15) is 0 Å². The minimum absolute atomic E-state index is 0.748. The number of hydrogen-bond donors (Lipinski definition) is 0. The van der Waals surface area contributed by atoms with Gasteiger partial charge in [-0.3, -0.25) is 0 Å². The maximum absolute atomic E-state index is 2.46. The highest BCUT2D eigenvalue weighted by Gasteiger charge is 2.72. The van der Waals surface area contributed by atoms with Crippen LogP contribution in [0.2, 0.25) is 0 Å². The minimum Gasteiger partial charge on any atom is -0.0654 e. The van der Waals surface area contributed by atoms with Crippen molar-refractivity contribution in [3.63, 3.8) is 0 Å². The first kappa shape index (κ1) is 18.7. The molecule has 0 heterocycles. The van der Waals surface area contributed by atoms with E-state index in [1.807, 2.05) is 0 Å². The van der Waals surface area contributed by atoms with Gasteiger partial charge >= 0.3 is 0 Å². The van der Waals surface area contributed by atoms with Gasteiger partial charge in [0.25, 0.3) is 0 Å². The maximum atomic E-state index is 2.46. The number of hydrogen-bond acceptors (Lipinski definition) is 0. The summed E-state index contributed by atoms with van der Waals surface area (Å²) in [6, 6.07) is 0. The van der Waals surface area contributed by atoms with E-state index in [-0.39, 0.29) is 0 Å². The highest BCUT2D eigenvalue weighted by molar-refractivity contribution is 5.21. The van der Waals surface area contributed by atoms with Crippen LogP contribution >= 0.6 is 0 Å². The first-order valence-electron chi connectivity index (χ1n) is 13.6. The summed E-state index contributed by atoms with van der Waals surface area (Å²) in [7, 11) is 0. The second kappa shape index (κ2) is 6.50. The van der Waals surface area contributed by atoms with Gasteiger partial charge in [-0.1, -0.05) is 39.5 Å². The molecule has 0 spiro atoms. The maximum Gasteiger partial charge on any atom is -0.0176 e. The molecule has 0 saturated heterocycles. The van der Waals surface area contributed by atoms with E-state index in [1.54, 1.807) is 83.5 Å². The normalized spacial score (nSPS) is 52.5. The van der Waals surface area contributed by atoms with Gasteiger partial charge in [0, 0.05) is 0 Å². The van der Waals surface area contributed by atoms with E-state index < -0.39 is 0 Å². The fraction of sp³-hybridized carbons (Fsp3) is 1.00. The van der Waals surface area contributed by atoms with Crippen molar-refractivity contribution in [1.29, 1.82) is 0 Å². The van der Waals surface area contributed by atoms with E-state index >= 15 is 0 Å². The molecule has 8 aliphatic carbocycles. The SMILES string of the molecule is CCCCC1(CCCC)C2CC3CC(C2)CC1(C12CC4CC(CC(C4)C1)C2)C3. The summed E-state index contributed by atoms with van der Waals surface area (Å²) in [5.74, 6) is 6.77. The van der Waals surface area contributed by atoms with Crippen LogP contribution in [0.1, 0.15) is 123 Å². The third-order valence-electron chi connectivity index (χ3n) is 11.9. The summed E-state index contributed by atoms with van der Waals surface area (Å²) in [6.07, 6.45) is 27.2. The molecule has 2 unspecified atom stereocenters. The summed E-state index contributed by atoms with van der Waals surface area (Å²) in [5, 5.41) is 0. The molecule has 0 N–H and O–H groups in total. The molecule has 8 bridgehead atoms. The average molecular weight is 383 g/mol. The third-order valence-corrected chi connectivity index (χ3v) is 11.9. The van der Waals surface area contributed by atoms with Crippen LogP contribution in [-0.2, 0) is 0 Å². The lowest BCUT2D eigenvalue weighted by Crippen LogP contribution is -2.69. The van der Waals surface area contributed by atoms with Gasteiger partial charge in [-0.15, -0.1) is 0 Å². The Hall–Kier alpha value is 0. The van der Waals surface area contributed by atoms with Gasteiger partial charge < -0.3 is 0 Å². The quantitative estimate of drug-likeness (QED) is 0.414. The lowest BCUT2D eigenvalue weighted by molar-refractivity contribution is -0.279. The molecule has 0 aromatic carbocycles. The number of rotatable bonds is 7. The molecule has 0 aliphatic heterocycles. The van der Waals surface area contributed by atoms with Crippen LogP contribution < -0.4 is 0 Å². The summed E-state index contributed by atoms with van der Waals surface area (Å²) < 4.78 is 0. The highest BCUT2D eigenvalue weighted by Crippen LogP contribution is 2.81. The Bertz CT molecular complexity index is 542. The molecule has 0 aromatic rings. The molecule has 158 valence electrons. The molecular formula is C28H46. The number of unbranched alkanes of at least 4 members (excludes halogenated alkanes) is 2. The zero-order valence-electron chi connectivity index (χ0n) is 19.0. The van der Waals surface area contributed by atoms with Crippen LogP contribution in [0, 0.1) is 51.8 Å². The van der Waals surface area contributed by atoms with E-state index in [4.69, 9.17) is 0 Å². The summed E-state index contributed by atoms with van der Waals surface area (Å²) >= 11 is 0. The monoisotopic (exact) mass is 382 g/mol. The van der Waals surface area contributed by atoms with E-state index in [2.05, 4.69) is 13.8 Å². The molecule has 28 heavy (non-hydrogen) atoms. The average Bonchev–Trinajstić information content (AvgIpc) is 2.65. The second-order valence-corrected chi connectivity index (χ2v) is 13.2. The molecule has 0 nitrogen and oxygen atoms in total. The Morgan fingerprint density at radius 2 is 1.00 bits per heavy atom. The Labute approximate surface area is 175 Å². The lowest BCUT2D eigenvalue weighted by atomic mass is 9.27. The molecule has 2 atom stereocenters. The molecule has 8 saturated carbocycles. The summed E-state index contributed by atoms with van der Waals surface area (Å²) in [5.41, 5.74) is 2.31. The van der Waals surface area contributed by atoms with Crippen molar-refractivity contribution < 1.29 is 0 Å².